The fraction of sp³-hybridized carbons (Fsp3) is 0.846. The third-order valence-electron chi connectivity index (χ3n) is 3.56. The molecule has 1 aliphatic heterocycles. The molecule has 5 nitrogen and oxygen atoms in total. The molecule has 0 radical (unpaired) electrons. The Morgan fingerprint density at radius 2 is 1.85 bits per heavy atom. The van der Waals surface area contributed by atoms with Gasteiger partial charge in [0, 0.05) is 32.7 Å². The van der Waals surface area contributed by atoms with Crippen LogP contribution in [-0.4, -0.2) is 65.8 Å². The van der Waals surface area contributed by atoms with Gasteiger partial charge in [0.1, 0.15) is 0 Å². The highest BCUT2D eigenvalue weighted by Gasteiger charge is 2.18. The van der Waals surface area contributed by atoms with Crippen LogP contribution in [0.25, 0.3) is 0 Å². The van der Waals surface area contributed by atoms with E-state index in [1.54, 1.807) is 11.9 Å². The summed E-state index contributed by atoms with van der Waals surface area (Å²) < 4.78 is 0. The Bertz CT molecular complexity index is 298. The second-order valence-electron chi connectivity index (χ2n) is 5.02. The fourth-order valence-electron chi connectivity index (χ4n) is 1.97. The molecule has 1 unspecified atom stereocenters. The number of rotatable bonds is 6. The monoisotopic (exact) mass is 323 g/mol. The maximum Gasteiger partial charge on any atom is 0.232 e. The van der Waals surface area contributed by atoms with Gasteiger partial charge in [-0.3, -0.25) is 9.59 Å². The minimum atomic E-state index is 0. The summed E-state index contributed by atoms with van der Waals surface area (Å²) in [5.74, 6) is 0.943. The summed E-state index contributed by atoms with van der Waals surface area (Å²) in [6.07, 6.45) is 3.43. The first-order chi connectivity index (χ1) is 9.06. The van der Waals surface area contributed by atoms with Gasteiger partial charge in [-0.1, -0.05) is 0 Å². The van der Waals surface area contributed by atoms with Crippen molar-refractivity contribution in [1.29, 1.82) is 0 Å². The van der Waals surface area contributed by atoms with Crippen molar-refractivity contribution in [3.63, 3.8) is 0 Å². The molecule has 0 aromatic rings. The van der Waals surface area contributed by atoms with Gasteiger partial charge in [-0.25, -0.2) is 0 Å². The molecular formula is C13H26ClN3O2S. The van der Waals surface area contributed by atoms with E-state index >= 15 is 0 Å². The van der Waals surface area contributed by atoms with Crippen LogP contribution in [0, 0.1) is 0 Å². The second kappa shape index (κ2) is 10.3. The molecule has 1 saturated heterocycles. The zero-order chi connectivity index (χ0) is 14.3. The first kappa shape index (κ1) is 19.5. The van der Waals surface area contributed by atoms with Crippen molar-refractivity contribution in [1.82, 2.24) is 9.80 Å². The SMILES string of the molecule is CC(CN)N(C)C(=O)CSCC(=O)N1CCCCC1.Cl. The molecule has 1 aliphatic rings. The predicted octanol–water partition coefficient (Wildman–Crippen LogP) is 0.959. The van der Waals surface area contributed by atoms with Crippen LogP contribution in [0.5, 0.6) is 0 Å². The lowest BCUT2D eigenvalue weighted by Crippen LogP contribution is -2.41. The molecule has 1 heterocycles. The third kappa shape index (κ3) is 6.33. The number of likely N-dealkylation sites (N-methyl/N-ethyl adjacent to an activating group) is 1. The number of piperidine rings is 1. The highest BCUT2D eigenvalue weighted by Crippen LogP contribution is 2.11. The van der Waals surface area contributed by atoms with Crippen LogP contribution in [-0.2, 0) is 9.59 Å². The van der Waals surface area contributed by atoms with Crippen LogP contribution in [0.15, 0.2) is 0 Å². The van der Waals surface area contributed by atoms with Gasteiger partial charge in [-0.05, 0) is 26.2 Å². The Hall–Kier alpha value is -0.460. The van der Waals surface area contributed by atoms with Crippen molar-refractivity contribution < 1.29 is 9.59 Å². The molecule has 0 spiro atoms. The van der Waals surface area contributed by atoms with Gasteiger partial charge in [0.2, 0.25) is 11.8 Å². The van der Waals surface area contributed by atoms with E-state index in [2.05, 4.69) is 0 Å². The maximum atomic E-state index is 11.9. The number of carbonyl (C=O) groups excluding carboxylic acids is 2. The molecule has 1 rings (SSSR count). The van der Waals surface area contributed by atoms with Crippen LogP contribution in [0.4, 0.5) is 0 Å². The van der Waals surface area contributed by atoms with Crippen LogP contribution in [0.2, 0.25) is 0 Å². The lowest BCUT2D eigenvalue weighted by Gasteiger charge is -2.27. The topological polar surface area (TPSA) is 66.6 Å². The molecule has 20 heavy (non-hydrogen) atoms. The molecule has 1 atom stereocenters. The lowest BCUT2D eigenvalue weighted by molar-refractivity contribution is -0.129. The Morgan fingerprint density at radius 1 is 1.25 bits per heavy atom. The van der Waals surface area contributed by atoms with E-state index in [1.165, 1.54) is 18.2 Å². The van der Waals surface area contributed by atoms with E-state index in [0.29, 0.717) is 18.1 Å². The number of carbonyl (C=O) groups is 2. The van der Waals surface area contributed by atoms with Crippen molar-refractivity contribution in [2.75, 3.05) is 38.2 Å². The Balaban J connectivity index is 0.00000361. The van der Waals surface area contributed by atoms with E-state index in [9.17, 15) is 9.59 Å². The van der Waals surface area contributed by atoms with Gasteiger partial charge >= 0.3 is 0 Å². The molecule has 0 bridgehead atoms. The number of hydrogen-bond acceptors (Lipinski definition) is 4. The van der Waals surface area contributed by atoms with Gasteiger partial charge in [0.15, 0.2) is 0 Å². The minimum absolute atomic E-state index is 0. The number of hydrogen-bond donors (Lipinski definition) is 1. The summed E-state index contributed by atoms with van der Waals surface area (Å²) in [7, 11) is 1.76. The molecule has 0 aromatic heterocycles. The van der Waals surface area contributed by atoms with Crippen molar-refractivity contribution in [2.45, 2.75) is 32.2 Å². The quantitative estimate of drug-likeness (QED) is 0.790. The third-order valence-corrected chi connectivity index (χ3v) is 4.46. The zero-order valence-corrected chi connectivity index (χ0v) is 14.0. The van der Waals surface area contributed by atoms with Crippen molar-refractivity contribution in [2.24, 2.45) is 5.73 Å². The first-order valence-electron chi connectivity index (χ1n) is 6.87. The van der Waals surface area contributed by atoms with Gasteiger partial charge in [-0.2, -0.15) is 0 Å². The number of nitrogens with two attached hydrogens (primary N) is 1. The zero-order valence-electron chi connectivity index (χ0n) is 12.3. The lowest BCUT2D eigenvalue weighted by atomic mass is 10.1. The fourth-order valence-corrected chi connectivity index (χ4v) is 2.80. The molecule has 7 heteroatoms. The molecule has 0 aliphatic carbocycles. The van der Waals surface area contributed by atoms with Crippen molar-refractivity contribution >= 4 is 36.0 Å². The van der Waals surface area contributed by atoms with Gasteiger partial charge in [0.05, 0.1) is 11.5 Å². The number of thioether (sulfide) groups is 1. The summed E-state index contributed by atoms with van der Waals surface area (Å²) in [6.45, 7) is 4.12. The van der Waals surface area contributed by atoms with E-state index in [-0.39, 0.29) is 30.3 Å². The van der Waals surface area contributed by atoms with Crippen LogP contribution >= 0.6 is 24.2 Å². The van der Waals surface area contributed by atoms with Crippen LogP contribution in [0.1, 0.15) is 26.2 Å². The number of likely N-dealkylation sites (tertiary alicyclic amines) is 1. The standard InChI is InChI=1S/C13H25N3O2S.ClH/c1-11(8-14)15(2)12(17)9-19-10-13(18)16-6-4-3-5-7-16;/h11H,3-10,14H2,1-2H3;1H. The average molecular weight is 324 g/mol. The Kier molecular flexibility index (Phi) is 10.1. The molecule has 0 saturated carbocycles. The summed E-state index contributed by atoms with van der Waals surface area (Å²) >= 11 is 1.40. The molecule has 1 fully saturated rings. The van der Waals surface area contributed by atoms with Crippen LogP contribution in [0.3, 0.4) is 0 Å². The Labute approximate surface area is 132 Å². The van der Waals surface area contributed by atoms with E-state index < -0.39 is 0 Å². The highest BCUT2D eigenvalue weighted by atomic mass is 35.5. The summed E-state index contributed by atoms with van der Waals surface area (Å²) in [6, 6.07) is 0.0471. The van der Waals surface area contributed by atoms with Crippen molar-refractivity contribution in [3.05, 3.63) is 0 Å². The molecule has 118 valence electrons. The number of halogens is 1. The van der Waals surface area contributed by atoms with Gasteiger partial charge < -0.3 is 15.5 Å². The van der Waals surface area contributed by atoms with E-state index in [0.717, 1.165) is 25.9 Å². The summed E-state index contributed by atoms with van der Waals surface area (Å²) in [5.41, 5.74) is 5.52. The number of nitrogens with zero attached hydrogens (tertiary/aromatic N) is 2. The first-order valence-corrected chi connectivity index (χ1v) is 8.03. The summed E-state index contributed by atoms with van der Waals surface area (Å²) in [5, 5.41) is 0. The molecular weight excluding hydrogens is 298 g/mol. The minimum Gasteiger partial charge on any atom is -0.342 e. The smallest absolute Gasteiger partial charge is 0.232 e. The maximum absolute atomic E-state index is 11.9. The average Bonchev–Trinajstić information content (AvgIpc) is 2.46. The van der Waals surface area contributed by atoms with E-state index in [4.69, 9.17) is 5.73 Å². The predicted molar refractivity (Wildman–Crippen MR) is 86.3 cm³/mol. The normalized spacial score (nSPS) is 16.2. The molecule has 2 amide bonds. The largest absolute Gasteiger partial charge is 0.342 e. The highest BCUT2D eigenvalue weighted by molar-refractivity contribution is 8.00. The second-order valence-corrected chi connectivity index (χ2v) is 6.01. The molecule has 2 N–H and O–H groups in total. The summed E-state index contributed by atoms with van der Waals surface area (Å²) in [4.78, 5) is 27.3. The van der Waals surface area contributed by atoms with Gasteiger partial charge in [-0.15, -0.1) is 24.2 Å². The van der Waals surface area contributed by atoms with Crippen molar-refractivity contribution in [3.8, 4) is 0 Å². The number of amides is 2. The Morgan fingerprint density at radius 3 is 2.40 bits per heavy atom. The van der Waals surface area contributed by atoms with Gasteiger partial charge in [0.25, 0.3) is 0 Å². The van der Waals surface area contributed by atoms with Crippen LogP contribution < -0.4 is 5.73 Å². The molecule has 0 aromatic carbocycles. The van der Waals surface area contributed by atoms with E-state index in [1.807, 2.05) is 11.8 Å².